The van der Waals surface area contributed by atoms with E-state index in [9.17, 15) is 9.18 Å². The van der Waals surface area contributed by atoms with E-state index < -0.39 is 0 Å². The van der Waals surface area contributed by atoms with Crippen LogP contribution in [0.4, 0.5) is 9.52 Å². The number of halogens is 2. The minimum atomic E-state index is -0.346. The molecule has 3 aromatic rings. The summed E-state index contributed by atoms with van der Waals surface area (Å²) in [6.07, 6.45) is 2.93. The van der Waals surface area contributed by atoms with Crippen molar-refractivity contribution in [3.05, 3.63) is 57.6 Å². The number of hydrogen-bond donors (Lipinski definition) is 1. The van der Waals surface area contributed by atoms with Gasteiger partial charge in [0.1, 0.15) is 16.0 Å². The number of anilines is 1. The van der Waals surface area contributed by atoms with Gasteiger partial charge in [-0.3, -0.25) is 10.1 Å². The SMILES string of the molecule is Cc1nnc(NC(=O)/C=C/c2c(C)nn(-c3ccc(F)cc3)c2Cl)s1. The number of carbonyl (C=O) groups excluding carboxylic acids is 1. The minimum absolute atomic E-state index is 0.333. The first-order valence-corrected chi connectivity index (χ1v) is 8.43. The van der Waals surface area contributed by atoms with E-state index in [0.29, 0.717) is 27.2 Å². The summed E-state index contributed by atoms with van der Waals surface area (Å²) in [5.74, 6) is -0.686. The standard InChI is InChI=1S/C16H13ClFN5OS/c1-9-13(7-8-14(24)19-16-21-20-10(2)25-16)15(17)23(22-9)12-5-3-11(18)4-6-12/h3-8H,1-2H3,(H,19,21,24)/b8-7+. The van der Waals surface area contributed by atoms with Crippen LogP contribution < -0.4 is 5.32 Å². The zero-order valence-electron chi connectivity index (χ0n) is 13.3. The van der Waals surface area contributed by atoms with E-state index in [1.807, 2.05) is 0 Å². The van der Waals surface area contributed by atoms with Crippen LogP contribution in [0, 0.1) is 19.7 Å². The Hall–Kier alpha value is -2.58. The Kier molecular flexibility index (Phi) is 4.91. The quantitative estimate of drug-likeness (QED) is 0.702. The number of rotatable bonds is 4. The van der Waals surface area contributed by atoms with Crippen LogP contribution in [0.2, 0.25) is 5.15 Å². The zero-order chi connectivity index (χ0) is 18.0. The molecule has 1 N–H and O–H groups in total. The summed E-state index contributed by atoms with van der Waals surface area (Å²) in [6.45, 7) is 3.58. The van der Waals surface area contributed by atoms with Gasteiger partial charge >= 0.3 is 0 Å². The number of carbonyl (C=O) groups is 1. The average Bonchev–Trinajstić information content (AvgIpc) is 3.10. The van der Waals surface area contributed by atoms with Crippen molar-refractivity contribution >= 4 is 40.1 Å². The van der Waals surface area contributed by atoms with Gasteiger partial charge in [-0.25, -0.2) is 9.07 Å². The summed E-state index contributed by atoms with van der Waals surface area (Å²) in [5.41, 5.74) is 1.88. The second-order valence-corrected chi connectivity index (χ2v) is 6.67. The second-order valence-electron chi connectivity index (χ2n) is 5.13. The van der Waals surface area contributed by atoms with Gasteiger partial charge in [0.05, 0.1) is 11.4 Å². The summed E-state index contributed by atoms with van der Waals surface area (Å²) >= 11 is 7.64. The van der Waals surface area contributed by atoms with E-state index in [0.717, 1.165) is 5.01 Å². The predicted molar refractivity (Wildman–Crippen MR) is 95.6 cm³/mol. The molecule has 6 nitrogen and oxygen atoms in total. The highest BCUT2D eigenvalue weighted by Crippen LogP contribution is 2.25. The van der Waals surface area contributed by atoms with Crippen molar-refractivity contribution in [2.75, 3.05) is 5.32 Å². The van der Waals surface area contributed by atoms with Crippen LogP contribution in [0.1, 0.15) is 16.3 Å². The molecular weight excluding hydrogens is 365 g/mol. The Morgan fingerprint density at radius 2 is 2.00 bits per heavy atom. The lowest BCUT2D eigenvalue weighted by Gasteiger charge is -2.02. The first kappa shape index (κ1) is 17.2. The Morgan fingerprint density at radius 3 is 2.64 bits per heavy atom. The number of aromatic nitrogens is 4. The molecule has 25 heavy (non-hydrogen) atoms. The van der Waals surface area contributed by atoms with Crippen LogP contribution in [0.15, 0.2) is 30.3 Å². The molecule has 2 aromatic heterocycles. The summed E-state index contributed by atoms with van der Waals surface area (Å²) in [6, 6.07) is 5.81. The van der Waals surface area contributed by atoms with Gasteiger partial charge in [-0.1, -0.05) is 22.9 Å². The number of amides is 1. The molecule has 0 bridgehead atoms. The molecule has 128 valence electrons. The van der Waals surface area contributed by atoms with Crippen LogP contribution in [-0.2, 0) is 4.79 Å². The third-order valence-corrected chi connectivity index (χ3v) is 4.39. The van der Waals surface area contributed by atoms with Crippen LogP contribution >= 0.6 is 22.9 Å². The first-order valence-electron chi connectivity index (χ1n) is 7.24. The predicted octanol–water partition coefficient (Wildman–Crippen LogP) is 3.79. The maximum atomic E-state index is 13.1. The van der Waals surface area contributed by atoms with Gasteiger partial charge in [-0.2, -0.15) is 5.10 Å². The van der Waals surface area contributed by atoms with E-state index in [1.54, 1.807) is 32.1 Å². The lowest BCUT2D eigenvalue weighted by molar-refractivity contribution is -0.111. The van der Waals surface area contributed by atoms with E-state index in [1.165, 1.54) is 34.2 Å². The largest absolute Gasteiger partial charge is 0.297 e. The van der Waals surface area contributed by atoms with Gasteiger partial charge in [-0.05, 0) is 44.2 Å². The van der Waals surface area contributed by atoms with E-state index in [2.05, 4.69) is 20.6 Å². The van der Waals surface area contributed by atoms with Crippen molar-refractivity contribution in [2.24, 2.45) is 0 Å². The second kappa shape index (κ2) is 7.12. The Morgan fingerprint density at radius 1 is 1.28 bits per heavy atom. The Bertz CT molecular complexity index is 948. The summed E-state index contributed by atoms with van der Waals surface area (Å²) in [4.78, 5) is 12.0. The monoisotopic (exact) mass is 377 g/mol. The van der Waals surface area contributed by atoms with Crippen molar-refractivity contribution in [1.29, 1.82) is 0 Å². The maximum absolute atomic E-state index is 13.1. The van der Waals surface area contributed by atoms with Gasteiger partial charge in [0.2, 0.25) is 11.0 Å². The number of aryl methyl sites for hydroxylation is 2. The van der Waals surface area contributed by atoms with Crippen LogP contribution in [-0.4, -0.2) is 25.9 Å². The molecule has 0 unspecified atom stereocenters. The molecule has 0 saturated heterocycles. The van der Waals surface area contributed by atoms with E-state index in [-0.39, 0.29) is 11.7 Å². The molecular formula is C16H13ClFN5OS. The fourth-order valence-corrected chi connectivity index (χ4v) is 3.04. The van der Waals surface area contributed by atoms with Gasteiger partial charge < -0.3 is 0 Å². The van der Waals surface area contributed by atoms with Crippen molar-refractivity contribution in [3.8, 4) is 5.69 Å². The number of benzene rings is 1. The molecule has 0 saturated carbocycles. The van der Waals surface area contributed by atoms with Crippen molar-refractivity contribution in [2.45, 2.75) is 13.8 Å². The van der Waals surface area contributed by atoms with Gasteiger partial charge in [0, 0.05) is 11.6 Å². The lowest BCUT2D eigenvalue weighted by atomic mass is 10.2. The molecule has 1 aromatic carbocycles. The molecule has 0 radical (unpaired) electrons. The van der Waals surface area contributed by atoms with E-state index >= 15 is 0 Å². The molecule has 0 aliphatic heterocycles. The van der Waals surface area contributed by atoms with Crippen LogP contribution in [0.5, 0.6) is 0 Å². The first-order chi connectivity index (χ1) is 11.9. The highest BCUT2D eigenvalue weighted by atomic mass is 35.5. The molecule has 0 atom stereocenters. The van der Waals surface area contributed by atoms with Crippen molar-refractivity contribution < 1.29 is 9.18 Å². The molecule has 0 aliphatic carbocycles. The maximum Gasteiger partial charge on any atom is 0.250 e. The molecule has 0 spiro atoms. The summed E-state index contributed by atoms with van der Waals surface area (Å²) < 4.78 is 14.5. The third-order valence-electron chi connectivity index (χ3n) is 3.28. The minimum Gasteiger partial charge on any atom is -0.297 e. The summed E-state index contributed by atoms with van der Waals surface area (Å²) in [5, 5.41) is 16.1. The molecule has 0 aliphatic rings. The number of nitrogens with one attached hydrogen (secondary N) is 1. The molecule has 3 rings (SSSR count). The lowest BCUT2D eigenvalue weighted by Crippen LogP contribution is -2.07. The Labute approximate surface area is 152 Å². The number of nitrogens with zero attached hydrogens (tertiary/aromatic N) is 4. The van der Waals surface area contributed by atoms with Gasteiger partial charge in [0.15, 0.2) is 0 Å². The highest BCUT2D eigenvalue weighted by molar-refractivity contribution is 7.15. The van der Waals surface area contributed by atoms with Crippen molar-refractivity contribution in [3.63, 3.8) is 0 Å². The Balaban J connectivity index is 1.80. The molecule has 2 heterocycles. The van der Waals surface area contributed by atoms with Crippen molar-refractivity contribution in [1.82, 2.24) is 20.0 Å². The van der Waals surface area contributed by atoms with Gasteiger partial charge in [-0.15, -0.1) is 10.2 Å². The summed E-state index contributed by atoms with van der Waals surface area (Å²) in [7, 11) is 0. The highest BCUT2D eigenvalue weighted by Gasteiger charge is 2.13. The smallest absolute Gasteiger partial charge is 0.250 e. The zero-order valence-corrected chi connectivity index (χ0v) is 14.9. The molecule has 1 amide bonds. The average molecular weight is 378 g/mol. The van der Waals surface area contributed by atoms with Crippen LogP contribution in [0.3, 0.4) is 0 Å². The van der Waals surface area contributed by atoms with Gasteiger partial charge in [0.25, 0.3) is 0 Å². The molecule has 0 fully saturated rings. The molecule has 9 heteroatoms. The fraction of sp³-hybridized carbons (Fsp3) is 0.125. The van der Waals surface area contributed by atoms with Crippen LogP contribution in [0.25, 0.3) is 11.8 Å². The fourth-order valence-electron chi connectivity index (χ4n) is 2.11. The topological polar surface area (TPSA) is 72.7 Å². The normalized spacial score (nSPS) is 11.2. The third kappa shape index (κ3) is 3.92. The van der Waals surface area contributed by atoms with E-state index in [4.69, 9.17) is 11.6 Å². The number of hydrogen-bond acceptors (Lipinski definition) is 5.